The molecule has 9 nitrogen and oxygen atoms in total. The lowest BCUT2D eigenvalue weighted by molar-refractivity contribution is -0.389. The summed E-state index contributed by atoms with van der Waals surface area (Å²) in [6, 6.07) is 2.82. The second kappa shape index (κ2) is 6.13. The Morgan fingerprint density at radius 2 is 2.19 bits per heavy atom. The molecule has 2 aromatic rings. The Morgan fingerprint density at radius 1 is 1.43 bits per heavy atom. The van der Waals surface area contributed by atoms with Gasteiger partial charge in [-0.1, -0.05) is 11.8 Å². The molecule has 0 unspecified atom stereocenters. The zero-order chi connectivity index (χ0) is 15.4. The van der Waals surface area contributed by atoms with Crippen LogP contribution in [0.4, 0.5) is 5.69 Å². The number of nitrogens with zero attached hydrogens (tertiary/aromatic N) is 4. The van der Waals surface area contributed by atoms with Gasteiger partial charge in [0.05, 0.1) is 12.0 Å². The summed E-state index contributed by atoms with van der Waals surface area (Å²) in [5.74, 6) is -1.35. The summed E-state index contributed by atoms with van der Waals surface area (Å²) in [5.41, 5.74) is -0.539. The van der Waals surface area contributed by atoms with Crippen molar-refractivity contribution in [1.29, 1.82) is 0 Å². The van der Waals surface area contributed by atoms with E-state index in [-0.39, 0.29) is 22.3 Å². The summed E-state index contributed by atoms with van der Waals surface area (Å²) in [5, 5.41) is 20.0. The minimum Gasteiger partial charge on any atom is -0.477 e. The first-order valence-electron chi connectivity index (χ1n) is 5.43. The van der Waals surface area contributed by atoms with Crippen LogP contribution in [0.25, 0.3) is 0 Å². The summed E-state index contributed by atoms with van der Waals surface area (Å²) in [4.78, 5) is 32.9. The van der Waals surface area contributed by atoms with E-state index in [0.717, 1.165) is 18.1 Å². The third kappa shape index (κ3) is 3.23. The van der Waals surface area contributed by atoms with Gasteiger partial charge in [-0.25, -0.2) is 14.8 Å². The second-order valence-electron chi connectivity index (χ2n) is 3.58. The summed E-state index contributed by atoms with van der Waals surface area (Å²) in [6.07, 6.45) is 2.43. The van der Waals surface area contributed by atoms with E-state index in [0.29, 0.717) is 4.90 Å². The number of carboxylic acids is 1. The van der Waals surface area contributed by atoms with E-state index in [1.54, 1.807) is 0 Å². The molecule has 0 fully saturated rings. The number of aromatic nitrogens is 3. The summed E-state index contributed by atoms with van der Waals surface area (Å²) >= 11 is 0.928. The first kappa shape index (κ1) is 14.7. The van der Waals surface area contributed by atoms with Crippen LogP contribution in [0.1, 0.15) is 10.5 Å². The van der Waals surface area contributed by atoms with Gasteiger partial charge < -0.3 is 9.84 Å². The van der Waals surface area contributed by atoms with E-state index in [9.17, 15) is 14.9 Å². The number of rotatable bonds is 5. The van der Waals surface area contributed by atoms with E-state index in [1.807, 2.05) is 0 Å². The molecule has 0 bridgehead atoms. The molecule has 0 saturated carbocycles. The second-order valence-corrected chi connectivity index (χ2v) is 4.64. The topological polar surface area (TPSA) is 128 Å². The molecule has 0 saturated heterocycles. The van der Waals surface area contributed by atoms with Crippen LogP contribution in [0.3, 0.4) is 0 Å². The number of methoxy groups -OCH3 is 1. The van der Waals surface area contributed by atoms with Gasteiger partial charge >= 0.3 is 11.7 Å². The number of hydrogen-bond acceptors (Lipinski definition) is 8. The van der Waals surface area contributed by atoms with Crippen molar-refractivity contribution in [1.82, 2.24) is 15.0 Å². The highest BCUT2D eigenvalue weighted by molar-refractivity contribution is 7.99. The lowest BCUT2D eigenvalue weighted by Gasteiger charge is -2.05. The third-order valence-corrected chi connectivity index (χ3v) is 3.28. The zero-order valence-corrected chi connectivity index (χ0v) is 11.4. The van der Waals surface area contributed by atoms with Gasteiger partial charge in [-0.05, 0) is 12.1 Å². The lowest BCUT2D eigenvalue weighted by atomic mass is 10.3. The van der Waals surface area contributed by atoms with Gasteiger partial charge in [-0.2, -0.15) is 4.98 Å². The molecule has 0 aliphatic carbocycles. The Bertz CT molecular complexity index is 709. The Hall–Kier alpha value is -2.75. The molecule has 0 spiro atoms. The molecule has 1 N–H and O–H groups in total. The molecular weight excluding hydrogens is 300 g/mol. The third-order valence-electron chi connectivity index (χ3n) is 2.30. The van der Waals surface area contributed by atoms with Crippen LogP contribution in [0.5, 0.6) is 5.88 Å². The van der Waals surface area contributed by atoms with Crippen LogP contribution in [0.15, 0.2) is 34.6 Å². The van der Waals surface area contributed by atoms with Crippen LogP contribution in [0.2, 0.25) is 0 Å². The van der Waals surface area contributed by atoms with Crippen LogP contribution in [-0.2, 0) is 0 Å². The summed E-state index contributed by atoms with van der Waals surface area (Å²) in [6.45, 7) is 0. The molecule has 2 aromatic heterocycles. The molecule has 0 aliphatic rings. The van der Waals surface area contributed by atoms with Gasteiger partial charge in [0.25, 0.3) is 5.88 Å². The van der Waals surface area contributed by atoms with E-state index >= 15 is 0 Å². The number of carbonyl (C=O) groups is 1. The molecule has 0 amide bonds. The molecule has 108 valence electrons. The van der Waals surface area contributed by atoms with Crippen LogP contribution in [-0.4, -0.2) is 38.1 Å². The number of ether oxygens (including phenoxy) is 1. The number of nitro groups is 1. The summed E-state index contributed by atoms with van der Waals surface area (Å²) < 4.78 is 4.83. The van der Waals surface area contributed by atoms with E-state index in [2.05, 4.69) is 15.0 Å². The molecule has 2 heterocycles. The Labute approximate surface area is 122 Å². The van der Waals surface area contributed by atoms with Crippen molar-refractivity contribution in [2.24, 2.45) is 0 Å². The van der Waals surface area contributed by atoms with Crippen LogP contribution >= 0.6 is 11.8 Å². The van der Waals surface area contributed by atoms with E-state index in [4.69, 9.17) is 9.84 Å². The number of carboxylic acid groups (broad SMARTS) is 1. The molecule has 0 aliphatic heterocycles. The van der Waals surface area contributed by atoms with Gasteiger partial charge in [0, 0.05) is 11.1 Å². The molecule has 2 rings (SSSR count). The zero-order valence-electron chi connectivity index (χ0n) is 10.6. The highest BCUT2D eigenvalue weighted by Gasteiger charge is 2.24. The normalized spacial score (nSPS) is 10.1. The summed E-state index contributed by atoms with van der Waals surface area (Å²) in [7, 11) is 1.26. The van der Waals surface area contributed by atoms with Crippen molar-refractivity contribution in [3.8, 4) is 5.88 Å². The smallest absolute Gasteiger partial charge is 0.363 e. The first-order valence-corrected chi connectivity index (χ1v) is 6.25. The molecular formula is C11H8N4O5S. The van der Waals surface area contributed by atoms with Crippen LogP contribution < -0.4 is 4.74 Å². The molecule has 0 radical (unpaired) electrons. The fraction of sp³-hybridized carbons (Fsp3) is 0.0909. The monoisotopic (exact) mass is 308 g/mol. The lowest BCUT2D eigenvalue weighted by Crippen LogP contribution is -2.01. The molecule has 10 heteroatoms. The van der Waals surface area contributed by atoms with Gasteiger partial charge in [0.1, 0.15) is 12.0 Å². The number of hydrogen-bond donors (Lipinski definition) is 1. The predicted octanol–water partition coefficient (Wildman–Crippen LogP) is 1.64. The minimum atomic E-state index is -1.19. The predicted molar refractivity (Wildman–Crippen MR) is 70.6 cm³/mol. The average molecular weight is 308 g/mol. The molecule has 0 atom stereocenters. The SMILES string of the molecule is COc1ncnc(Sc2ccnc(C(=O)O)c2)c1[N+](=O)[O-]. The fourth-order valence-corrected chi connectivity index (χ4v) is 2.31. The van der Waals surface area contributed by atoms with E-state index in [1.165, 1.54) is 25.4 Å². The first-order chi connectivity index (χ1) is 10.0. The van der Waals surface area contributed by atoms with Crippen molar-refractivity contribution in [3.63, 3.8) is 0 Å². The van der Waals surface area contributed by atoms with Gasteiger partial charge in [-0.15, -0.1) is 0 Å². The average Bonchev–Trinajstić information content (AvgIpc) is 2.46. The van der Waals surface area contributed by atoms with Crippen LogP contribution in [0, 0.1) is 10.1 Å². The maximum Gasteiger partial charge on any atom is 0.363 e. The Kier molecular flexibility index (Phi) is 4.28. The van der Waals surface area contributed by atoms with Gasteiger partial charge in [0.15, 0.2) is 5.03 Å². The van der Waals surface area contributed by atoms with Gasteiger partial charge in [0.2, 0.25) is 0 Å². The van der Waals surface area contributed by atoms with Gasteiger partial charge in [-0.3, -0.25) is 10.1 Å². The standard InChI is InChI=1S/C11H8N4O5S/c1-20-9-8(15(18)19)10(14-5-13-9)21-6-2-3-12-7(4-6)11(16)17/h2-5H,1H3,(H,16,17). The van der Waals surface area contributed by atoms with Crippen molar-refractivity contribution in [2.75, 3.05) is 7.11 Å². The highest BCUT2D eigenvalue weighted by atomic mass is 32.2. The maximum atomic E-state index is 11.1. The quantitative estimate of drug-likeness (QED) is 0.497. The Balaban J connectivity index is 2.42. The maximum absolute atomic E-state index is 11.1. The number of aromatic carboxylic acids is 1. The van der Waals surface area contributed by atoms with E-state index < -0.39 is 10.9 Å². The molecule has 0 aromatic carbocycles. The van der Waals surface area contributed by atoms with Crippen molar-refractivity contribution in [2.45, 2.75) is 9.92 Å². The number of pyridine rings is 1. The fourth-order valence-electron chi connectivity index (χ4n) is 1.43. The van der Waals surface area contributed by atoms with Crippen molar-refractivity contribution < 1.29 is 19.6 Å². The van der Waals surface area contributed by atoms with Crippen molar-refractivity contribution in [3.05, 3.63) is 40.5 Å². The molecule has 21 heavy (non-hydrogen) atoms. The highest BCUT2D eigenvalue weighted by Crippen LogP contribution is 2.37. The van der Waals surface area contributed by atoms with Crippen molar-refractivity contribution >= 4 is 23.4 Å². The largest absolute Gasteiger partial charge is 0.477 e. The minimum absolute atomic E-state index is 0.0504. The Morgan fingerprint density at radius 3 is 2.81 bits per heavy atom.